The molecule has 0 aliphatic carbocycles. The summed E-state index contributed by atoms with van der Waals surface area (Å²) >= 11 is 0. The Labute approximate surface area is 66.4 Å². The molecular formula is C5H8F3NO3. The van der Waals surface area contributed by atoms with Crippen LogP contribution in [0.1, 0.15) is 0 Å². The van der Waals surface area contributed by atoms with Gasteiger partial charge in [0.15, 0.2) is 0 Å². The van der Waals surface area contributed by atoms with Gasteiger partial charge in [-0.1, -0.05) is 0 Å². The number of primary amides is 1. The number of carbonyl (C=O) groups excluding carboxylic acids is 1. The number of nitrogens with two attached hydrogens (primary N) is 1. The fourth-order valence-corrected chi connectivity index (χ4v) is 0.389. The predicted molar refractivity (Wildman–Crippen MR) is 32.0 cm³/mol. The molecule has 0 fully saturated rings. The zero-order valence-corrected chi connectivity index (χ0v) is 6.06. The minimum atomic E-state index is -4.66. The maximum Gasteiger partial charge on any atom is 0.522 e. The topological polar surface area (TPSA) is 61.6 Å². The Morgan fingerprint density at radius 1 is 1.33 bits per heavy atom. The molecule has 0 bridgehead atoms. The van der Waals surface area contributed by atoms with Crippen molar-refractivity contribution in [3.63, 3.8) is 0 Å². The van der Waals surface area contributed by atoms with E-state index in [-0.39, 0.29) is 6.61 Å². The molecule has 7 heteroatoms. The van der Waals surface area contributed by atoms with Crippen LogP contribution >= 0.6 is 0 Å². The maximum absolute atomic E-state index is 11.3. The third-order valence-electron chi connectivity index (χ3n) is 0.738. The van der Waals surface area contributed by atoms with E-state index in [1.54, 1.807) is 0 Å². The van der Waals surface area contributed by atoms with Crippen molar-refractivity contribution in [3.05, 3.63) is 0 Å². The summed E-state index contributed by atoms with van der Waals surface area (Å²) in [4.78, 5) is 9.99. The normalized spacial score (nSPS) is 11.6. The molecule has 0 saturated heterocycles. The minimum Gasteiger partial charge on any atom is -0.369 e. The Hall–Kier alpha value is -0.820. The Kier molecular flexibility index (Phi) is 4.60. The molecule has 12 heavy (non-hydrogen) atoms. The molecule has 4 nitrogen and oxygen atoms in total. The SMILES string of the molecule is NC(=O)COCCOC(F)(F)F. The minimum absolute atomic E-state index is 0.317. The smallest absolute Gasteiger partial charge is 0.369 e. The molecule has 0 aromatic rings. The summed E-state index contributed by atoms with van der Waals surface area (Å²) in [6, 6.07) is 0. The highest BCUT2D eigenvalue weighted by molar-refractivity contribution is 5.74. The van der Waals surface area contributed by atoms with Crippen LogP contribution in [0.3, 0.4) is 0 Å². The summed E-state index contributed by atoms with van der Waals surface area (Å²) in [5.41, 5.74) is 4.63. The number of ether oxygens (including phenoxy) is 2. The molecule has 0 rings (SSSR count). The van der Waals surface area contributed by atoms with Gasteiger partial charge < -0.3 is 10.5 Å². The summed E-state index contributed by atoms with van der Waals surface area (Å²) in [7, 11) is 0. The van der Waals surface area contributed by atoms with Gasteiger partial charge in [-0.05, 0) is 0 Å². The number of hydrogen-bond acceptors (Lipinski definition) is 3. The van der Waals surface area contributed by atoms with E-state index in [1.807, 2.05) is 0 Å². The summed E-state index contributed by atoms with van der Waals surface area (Å²) < 4.78 is 41.5. The summed E-state index contributed by atoms with van der Waals surface area (Å²) in [5, 5.41) is 0. The monoisotopic (exact) mass is 187 g/mol. The van der Waals surface area contributed by atoms with E-state index in [1.165, 1.54) is 0 Å². The molecule has 0 aromatic heterocycles. The van der Waals surface area contributed by atoms with Gasteiger partial charge in [0.25, 0.3) is 0 Å². The number of amides is 1. The van der Waals surface area contributed by atoms with Gasteiger partial charge in [-0.2, -0.15) is 0 Å². The molecule has 0 radical (unpaired) electrons. The molecule has 0 aliphatic rings. The van der Waals surface area contributed by atoms with Crippen LogP contribution in [-0.2, 0) is 14.3 Å². The van der Waals surface area contributed by atoms with Crippen LogP contribution < -0.4 is 5.73 Å². The van der Waals surface area contributed by atoms with E-state index in [0.717, 1.165) is 0 Å². The highest BCUT2D eigenvalue weighted by Gasteiger charge is 2.28. The maximum atomic E-state index is 11.3. The number of hydrogen-bond donors (Lipinski definition) is 1. The van der Waals surface area contributed by atoms with Crippen molar-refractivity contribution < 1.29 is 27.4 Å². The van der Waals surface area contributed by atoms with Gasteiger partial charge in [0.2, 0.25) is 5.91 Å². The third kappa shape index (κ3) is 9.18. The van der Waals surface area contributed by atoms with Crippen molar-refractivity contribution in [2.45, 2.75) is 6.36 Å². The zero-order chi connectivity index (χ0) is 9.61. The van der Waals surface area contributed by atoms with Gasteiger partial charge in [0.05, 0.1) is 13.2 Å². The number of rotatable bonds is 5. The van der Waals surface area contributed by atoms with Crippen molar-refractivity contribution in [1.82, 2.24) is 0 Å². The zero-order valence-electron chi connectivity index (χ0n) is 6.06. The van der Waals surface area contributed by atoms with E-state index >= 15 is 0 Å². The molecule has 0 atom stereocenters. The Balaban J connectivity index is 3.17. The molecule has 2 N–H and O–H groups in total. The molecular weight excluding hydrogens is 179 g/mol. The van der Waals surface area contributed by atoms with Crippen molar-refractivity contribution in [3.8, 4) is 0 Å². The van der Waals surface area contributed by atoms with Gasteiger partial charge in [-0.25, -0.2) is 0 Å². The van der Waals surface area contributed by atoms with Crippen LogP contribution in [-0.4, -0.2) is 32.1 Å². The van der Waals surface area contributed by atoms with Gasteiger partial charge in [-0.15, -0.1) is 13.2 Å². The Morgan fingerprint density at radius 2 is 1.92 bits per heavy atom. The van der Waals surface area contributed by atoms with Gasteiger partial charge in [0.1, 0.15) is 6.61 Å². The Bertz CT molecular complexity index is 147. The van der Waals surface area contributed by atoms with Crippen LogP contribution in [0, 0.1) is 0 Å². The average molecular weight is 187 g/mol. The summed E-state index contributed by atoms with van der Waals surface area (Å²) in [5.74, 6) is -0.734. The second-order valence-corrected chi connectivity index (χ2v) is 1.81. The van der Waals surface area contributed by atoms with Gasteiger partial charge in [-0.3, -0.25) is 9.53 Å². The van der Waals surface area contributed by atoms with Gasteiger partial charge in [0, 0.05) is 0 Å². The largest absolute Gasteiger partial charge is 0.522 e. The van der Waals surface area contributed by atoms with Crippen LogP contribution in [0.15, 0.2) is 0 Å². The van der Waals surface area contributed by atoms with Crippen LogP contribution in [0.25, 0.3) is 0 Å². The second-order valence-electron chi connectivity index (χ2n) is 1.81. The molecule has 0 saturated carbocycles. The fraction of sp³-hybridized carbons (Fsp3) is 0.800. The first-order valence-corrected chi connectivity index (χ1v) is 2.98. The first-order valence-electron chi connectivity index (χ1n) is 2.98. The van der Waals surface area contributed by atoms with E-state index in [2.05, 4.69) is 15.2 Å². The van der Waals surface area contributed by atoms with E-state index < -0.39 is 25.5 Å². The molecule has 0 spiro atoms. The second kappa shape index (κ2) is 4.94. The van der Waals surface area contributed by atoms with Crippen LogP contribution in [0.4, 0.5) is 13.2 Å². The average Bonchev–Trinajstić information content (AvgIpc) is 1.83. The molecule has 0 heterocycles. The van der Waals surface area contributed by atoms with Crippen molar-refractivity contribution in [2.24, 2.45) is 5.73 Å². The first-order chi connectivity index (χ1) is 5.42. The lowest BCUT2D eigenvalue weighted by Crippen LogP contribution is -2.22. The lowest BCUT2D eigenvalue weighted by molar-refractivity contribution is -0.326. The van der Waals surface area contributed by atoms with E-state index in [9.17, 15) is 18.0 Å². The van der Waals surface area contributed by atoms with Crippen molar-refractivity contribution >= 4 is 5.91 Å². The fourth-order valence-electron chi connectivity index (χ4n) is 0.389. The van der Waals surface area contributed by atoms with E-state index in [0.29, 0.717) is 0 Å². The van der Waals surface area contributed by atoms with Crippen LogP contribution in [0.5, 0.6) is 0 Å². The lowest BCUT2D eigenvalue weighted by atomic mass is 10.7. The predicted octanol–water partition coefficient (Wildman–Crippen LogP) is 0.0247. The third-order valence-corrected chi connectivity index (χ3v) is 0.738. The van der Waals surface area contributed by atoms with Crippen molar-refractivity contribution in [2.75, 3.05) is 19.8 Å². The first kappa shape index (κ1) is 11.2. The van der Waals surface area contributed by atoms with Gasteiger partial charge >= 0.3 is 6.36 Å². The molecule has 0 unspecified atom stereocenters. The number of alkyl halides is 3. The van der Waals surface area contributed by atoms with Crippen molar-refractivity contribution in [1.29, 1.82) is 0 Å². The molecule has 1 amide bonds. The number of halogens is 3. The quantitative estimate of drug-likeness (QED) is 0.617. The van der Waals surface area contributed by atoms with Crippen LogP contribution in [0.2, 0.25) is 0 Å². The summed E-state index contributed by atoms with van der Waals surface area (Å²) in [6.45, 7) is -1.36. The molecule has 72 valence electrons. The highest BCUT2D eigenvalue weighted by atomic mass is 19.4. The molecule has 0 aromatic carbocycles. The summed E-state index contributed by atoms with van der Waals surface area (Å²) in [6.07, 6.45) is -4.66. The number of carbonyl (C=O) groups is 1. The highest BCUT2D eigenvalue weighted by Crippen LogP contribution is 2.15. The van der Waals surface area contributed by atoms with E-state index in [4.69, 9.17) is 0 Å². The Morgan fingerprint density at radius 3 is 2.33 bits per heavy atom. The molecule has 0 aliphatic heterocycles. The standard InChI is InChI=1S/C5H8F3NO3/c6-5(7,8)12-2-1-11-3-4(9)10/h1-3H2,(H2,9,10). The lowest BCUT2D eigenvalue weighted by Gasteiger charge is -2.06.